The van der Waals surface area contributed by atoms with E-state index in [0.29, 0.717) is 6.54 Å². The molecule has 3 aromatic rings. The Labute approximate surface area is 123 Å². The van der Waals surface area contributed by atoms with Gasteiger partial charge in [0.25, 0.3) is 0 Å². The summed E-state index contributed by atoms with van der Waals surface area (Å²) >= 11 is 0. The van der Waals surface area contributed by atoms with E-state index in [1.165, 1.54) is 0 Å². The smallest absolute Gasteiger partial charge is 0.118 e. The Kier molecular flexibility index (Phi) is 3.71. The van der Waals surface area contributed by atoms with E-state index in [2.05, 4.69) is 5.10 Å². The third kappa shape index (κ3) is 2.66. The summed E-state index contributed by atoms with van der Waals surface area (Å²) in [6.45, 7) is 0.420. The molecule has 3 rings (SSSR count). The molecule has 0 spiro atoms. The zero-order chi connectivity index (χ0) is 14.7. The van der Waals surface area contributed by atoms with Gasteiger partial charge in [-0.05, 0) is 42.5 Å². The predicted octanol–water partition coefficient (Wildman–Crippen LogP) is 3.01. The van der Waals surface area contributed by atoms with Crippen molar-refractivity contribution in [1.82, 2.24) is 9.78 Å². The molecule has 0 aliphatic rings. The molecule has 4 nitrogen and oxygen atoms in total. The van der Waals surface area contributed by atoms with E-state index in [0.717, 1.165) is 28.4 Å². The van der Waals surface area contributed by atoms with E-state index in [9.17, 15) is 0 Å². The number of hydrogen-bond acceptors (Lipinski definition) is 3. The average molecular weight is 279 g/mol. The molecule has 0 saturated carbocycles. The molecule has 0 saturated heterocycles. The van der Waals surface area contributed by atoms with Gasteiger partial charge in [-0.15, -0.1) is 0 Å². The Morgan fingerprint density at radius 3 is 2.38 bits per heavy atom. The van der Waals surface area contributed by atoms with E-state index in [-0.39, 0.29) is 0 Å². The second-order valence-corrected chi connectivity index (χ2v) is 4.70. The minimum absolute atomic E-state index is 0.420. The van der Waals surface area contributed by atoms with Gasteiger partial charge >= 0.3 is 0 Å². The maximum absolute atomic E-state index is 5.74. The van der Waals surface area contributed by atoms with Crippen molar-refractivity contribution in [3.8, 4) is 22.7 Å². The second kappa shape index (κ2) is 5.81. The monoisotopic (exact) mass is 279 g/mol. The molecule has 4 heteroatoms. The van der Waals surface area contributed by atoms with Crippen LogP contribution in [-0.2, 0) is 6.54 Å². The highest BCUT2D eigenvalue weighted by Crippen LogP contribution is 2.25. The Morgan fingerprint density at radius 2 is 1.76 bits per heavy atom. The molecule has 1 aromatic heterocycles. The lowest BCUT2D eigenvalue weighted by molar-refractivity contribution is 0.415. The van der Waals surface area contributed by atoms with Crippen LogP contribution in [0.5, 0.6) is 5.75 Å². The van der Waals surface area contributed by atoms with Gasteiger partial charge in [-0.1, -0.05) is 18.2 Å². The Hall–Kier alpha value is -2.59. The number of rotatable bonds is 4. The molecule has 0 radical (unpaired) electrons. The Balaban J connectivity index is 2.10. The largest absolute Gasteiger partial charge is 0.497 e. The van der Waals surface area contributed by atoms with Crippen molar-refractivity contribution in [3.05, 3.63) is 66.4 Å². The van der Waals surface area contributed by atoms with E-state index in [1.54, 1.807) is 7.11 Å². The summed E-state index contributed by atoms with van der Waals surface area (Å²) in [6.07, 6.45) is 0. The molecule has 0 aliphatic heterocycles. The van der Waals surface area contributed by atoms with Gasteiger partial charge < -0.3 is 10.5 Å². The normalized spacial score (nSPS) is 10.6. The standard InChI is InChI=1S/C17H17N3O/c1-21-16-9-7-13(8-10-16)17-11-14(12-18)19-20(17)15-5-3-2-4-6-15/h2-11H,12,18H2,1H3. The zero-order valence-electron chi connectivity index (χ0n) is 11.9. The van der Waals surface area contributed by atoms with Crippen LogP contribution in [0.1, 0.15) is 5.69 Å². The third-order valence-corrected chi connectivity index (χ3v) is 3.36. The number of methoxy groups -OCH3 is 1. The summed E-state index contributed by atoms with van der Waals surface area (Å²) in [6, 6.07) is 20.0. The maximum atomic E-state index is 5.74. The van der Waals surface area contributed by atoms with Crippen LogP contribution in [0.2, 0.25) is 0 Å². The SMILES string of the molecule is COc1ccc(-c2cc(CN)nn2-c2ccccc2)cc1. The van der Waals surface area contributed by atoms with E-state index < -0.39 is 0 Å². The molecule has 0 atom stereocenters. The molecular weight excluding hydrogens is 262 g/mol. The first-order valence-corrected chi connectivity index (χ1v) is 6.80. The number of nitrogens with zero attached hydrogens (tertiary/aromatic N) is 2. The van der Waals surface area contributed by atoms with Gasteiger partial charge in [-0.3, -0.25) is 0 Å². The van der Waals surface area contributed by atoms with Crippen molar-refractivity contribution >= 4 is 0 Å². The summed E-state index contributed by atoms with van der Waals surface area (Å²) < 4.78 is 7.12. The lowest BCUT2D eigenvalue weighted by Crippen LogP contribution is -2.01. The fourth-order valence-electron chi connectivity index (χ4n) is 2.26. The molecular formula is C17H17N3O. The number of aromatic nitrogens is 2. The quantitative estimate of drug-likeness (QED) is 0.798. The van der Waals surface area contributed by atoms with Crippen LogP contribution in [0.4, 0.5) is 0 Å². The van der Waals surface area contributed by atoms with Gasteiger partial charge in [0.05, 0.1) is 24.2 Å². The minimum atomic E-state index is 0.420. The first-order valence-electron chi connectivity index (χ1n) is 6.80. The van der Waals surface area contributed by atoms with Crippen LogP contribution in [0.3, 0.4) is 0 Å². The summed E-state index contributed by atoms with van der Waals surface area (Å²) in [5.41, 5.74) is 9.71. The topological polar surface area (TPSA) is 53.1 Å². The van der Waals surface area contributed by atoms with Crippen LogP contribution in [0.25, 0.3) is 16.9 Å². The van der Waals surface area contributed by atoms with Crippen LogP contribution in [0.15, 0.2) is 60.7 Å². The molecule has 0 amide bonds. The van der Waals surface area contributed by atoms with Gasteiger partial charge in [0.2, 0.25) is 0 Å². The van der Waals surface area contributed by atoms with Gasteiger partial charge in [-0.2, -0.15) is 5.10 Å². The van der Waals surface area contributed by atoms with Crippen LogP contribution in [-0.4, -0.2) is 16.9 Å². The van der Waals surface area contributed by atoms with Crippen molar-refractivity contribution in [1.29, 1.82) is 0 Å². The first-order chi connectivity index (χ1) is 10.3. The van der Waals surface area contributed by atoms with Crippen molar-refractivity contribution < 1.29 is 4.74 Å². The van der Waals surface area contributed by atoms with Gasteiger partial charge in [0.15, 0.2) is 0 Å². The molecule has 0 bridgehead atoms. The number of para-hydroxylation sites is 1. The minimum Gasteiger partial charge on any atom is -0.497 e. The molecule has 21 heavy (non-hydrogen) atoms. The number of nitrogens with two attached hydrogens (primary N) is 1. The molecule has 0 aliphatic carbocycles. The Morgan fingerprint density at radius 1 is 1.05 bits per heavy atom. The zero-order valence-corrected chi connectivity index (χ0v) is 11.9. The molecule has 106 valence electrons. The lowest BCUT2D eigenvalue weighted by Gasteiger charge is -2.08. The molecule has 2 N–H and O–H groups in total. The predicted molar refractivity (Wildman–Crippen MR) is 83.4 cm³/mol. The van der Waals surface area contributed by atoms with Crippen LogP contribution in [0, 0.1) is 0 Å². The molecule has 0 fully saturated rings. The molecule has 1 heterocycles. The van der Waals surface area contributed by atoms with E-state index >= 15 is 0 Å². The third-order valence-electron chi connectivity index (χ3n) is 3.36. The Bertz CT molecular complexity index is 718. The highest BCUT2D eigenvalue weighted by molar-refractivity contribution is 5.63. The summed E-state index contributed by atoms with van der Waals surface area (Å²) in [5.74, 6) is 0.837. The summed E-state index contributed by atoms with van der Waals surface area (Å²) in [5, 5.41) is 4.58. The number of ether oxygens (including phenoxy) is 1. The second-order valence-electron chi connectivity index (χ2n) is 4.70. The van der Waals surface area contributed by atoms with Crippen molar-refractivity contribution in [3.63, 3.8) is 0 Å². The van der Waals surface area contributed by atoms with Crippen LogP contribution >= 0.6 is 0 Å². The average Bonchev–Trinajstić information content (AvgIpc) is 3.00. The van der Waals surface area contributed by atoms with Gasteiger partial charge in [0.1, 0.15) is 5.75 Å². The summed E-state index contributed by atoms with van der Waals surface area (Å²) in [4.78, 5) is 0. The maximum Gasteiger partial charge on any atom is 0.118 e. The highest BCUT2D eigenvalue weighted by atomic mass is 16.5. The highest BCUT2D eigenvalue weighted by Gasteiger charge is 2.11. The van der Waals surface area contributed by atoms with E-state index in [4.69, 9.17) is 10.5 Å². The first kappa shape index (κ1) is 13.4. The fraction of sp³-hybridized carbons (Fsp3) is 0.118. The fourth-order valence-corrected chi connectivity index (χ4v) is 2.26. The summed E-state index contributed by atoms with van der Waals surface area (Å²) in [7, 11) is 1.66. The van der Waals surface area contributed by atoms with Crippen molar-refractivity contribution in [2.75, 3.05) is 7.11 Å². The number of benzene rings is 2. The van der Waals surface area contributed by atoms with Crippen molar-refractivity contribution in [2.45, 2.75) is 6.54 Å². The van der Waals surface area contributed by atoms with Crippen LogP contribution < -0.4 is 10.5 Å². The molecule has 2 aromatic carbocycles. The van der Waals surface area contributed by atoms with Gasteiger partial charge in [-0.25, -0.2) is 4.68 Å². The number of hydrogen-bond donors (Lipinski definition) is 1. The van der Waals surface area contributed by atoms with E-state index in [1.807, 2.05) is 65.3 Å². The lowest BCUT2D eigenvalue weighted by atomic mass is 10.1. The van der Waals surface area contributed by atoms with Crippen molar-refractivity contribution in [2.24, 2.45) is 5.73 Å². The van der Waals surface area contributed by atoms with Gasteiger partial charge in [0, 0.05) is 12.1 Å². The molecule has 0 unspecified atom stereocenters.